The summed E-state index contributed by atoms with van der Waals surface area (Å²) in [4.78, 5) is 13.2. The van der Waals surface area contributed by atoms with E-state index in [0.29, 0.717) is 33.9 Å². The van der Waals surface area contributed by atoms with Gasteiger partial charge in [-0.15, -0.1) is 0 Å². The van der Waals surface area contributed by atoms with E-state index in [1.807, 2.05) is 19.2 Å². The van der Waals surface area contributed by atoms with Crippen molar-refractivity contribution in [2.24, 2.45) is 0 Å². The highest BCUT2D eigenvalue weighted by Crippen LogP contribution is 2.36. The molecule has 3 rings (SSSR count). The van der Waals surface area contributed by atoms with Crippen molar-refractivity contribution in [1.29, 1.82) is 0 Å². The molecule has 166 valence electrons. The fourth-order valence-corrected chi connectivity index (χ4v) is 3.41. The molecule has 0 spiro atoms. The van der Waals surface area contributed by atoms with Crippen molar-refractivity contribution in [1.82, 2.24) is 24.6 Å². The van der Waals surface area contributed by atoms with E-state index in [0.717, 1.165) is 31.9 Å². The average Bonchev–Trinajstić information content (AvgIpc) is 3.30. The summed E-state index contributed by atoms with van der Waals surface area (Å²) in [7, 11) is 3.65. The summed E-state index contributed by atoms with van der Waals surface area (Å²) in [5.74, 6) is 1.47. The molecule has 0 saturated carbocycles. The summed E-state index contributed by atoms with van der Waals surface area (Å²) in [6.07, 6.45) is 4.95. The maximum Gasteiger partial charge on any atom is 0.229 e. The largest absolute Gasteiger partial charge is 0.494 e. The lowest BCUT2D eigenvalue weighted by Crippen LogP contribution is -2.33. The van der Waals surface area contributed by atoms with Crippen molar-refractivity contribution in [2.45, 2.75) is 13.8 Å². The van der Waals surface area contributed by atoms with Gasteiger partial charge < -0.3 is 25.6 Å². The quantitative estimate of drug-likeness (QED) is 0.459. The number of methoxy groups -OCH3 is 1. The number of nitrogens with two attached hydrogens (primary N) is 1. The molecule has 0 aliphatic rings. The van der Waals surface area contributed by atoms with E-state index >= 15 is 0 Å². The number of ether oxygens (including phenoxy) is 1. The molecule has 1 aromatic carbocycles. The van der Waals surface area contributed by atoms with E-state index in [9.17, 15) is 0 Å². The summed E-state index contributed by atoms with van der Waals surface area (Å²) >= 11 is 6.24. The number of likely N-dealkylation sites (N-methyl/N-ethyl adjacent to an activating group) is 2. The third kappa shape index (κ3) is 5.36. The molecule has 0 fully saturated rings. The first-order valence-electron chi connectivity index (χ1n) is 10.2. The van der Waals surface area contributed by atoms with Gasteiger partial charge >= 0.3 is 0 Å². The van der Waals surface area contributed by atoms with Crippen molar-refractivity contribution in [3.63, 3.8) is 0 Å². The number of hydrogen-bond donors (Lipinski definition) is 2. The summed E-state index contributed by atoms with van der Waals surface area (Å²) < 4.78 is 7.18. The molecule has 3 aromatic rings. The minimum absolute atomic E-state index is 0.357. The van der Waals surface area contributed by atoms with Gasteiger partial charge in [-0.2, -0.15) is 10.1 Å². The Morgan fingerprint density at radius 2 is 2.00 bits per heavy atom. The highest BCUT2D eigenvalue weighted by molar-refractivity contribution is 6.32. The highest BCUT2D eigenvalue weighted by atomic mass is 35.5. The molecule has 3 N–H and O–H groups in total. The Bertz CT molecular complexity index is 991. The number of aromatic nitrogens is 4. The van der Waals surface area contributed by atoms with E-state index in [1.54, 1.807) is 30.3 Å². The van der Waals surface area contributed by atoms with Crippen molar-refractivity contribution in [3.05, 3.63) is 41.8 Å². The molecule has 9 nitrogen and oxygen atoms in total. The number of nitrogens with zero attached hydrogens (tertiary/aromatic N) is 6. The zero-order valence-electron chi connectivity index (χ0n) is 18.3. The SMILES string of the molecule is CCN(CC)CCN(C)c1cc(OC)c(Nc2ncc(Cl)c(-n3cccn3)n2)cc1N. The Balaban J connectivity index is 1.83. The fraction of sp³-hybridized carbons (Fsp3) is 0.381. The topological polar surface area (TPSA) is 97.4 Å². The summed E-state index contributed by atoms with van der Waals surface area (Å²) in [5.41, 5.74) is 8.57. The highest BCUT2D eigenvalue weighted by Gasteiger charge is 2.15. The molecule has 0 unspecified atom stereocenters. The van der Waals surface area contributed by atoms with Crippen LogP contribution in [-0.2, 0) is 0 Å². The lowest BCUT2D eigenvalue weighted by Gasteiger charge is -2.26. The number of hydrogen-bond acceptors (Lipinski definition) is 8. The van der Waals surface area contributed by atoms with Crippen LogP contribution in [0.4, 0.5) is 23.0 Å². The molecule has 0 atom stereocenters. The Morgan fingerprint density at radius 1 is 1.23 bits per heavy atom. The Kier molecular flexibility index (Phi) is 7.54. The van der Waals surface area contributed by atoms with E-state index in [1.165, 1.54) is 6.20 Å². The lowest BCUT2D eigenvalue weighted by atomic mass is 10.2. The van der Waals surface area contributed by atoms with Gasteiger partial charge in [-0.3, -0.25) is 0 Å². The first kappa shape index (κ1) is 22.6. The van der Waals surface area contributed by atoms with Gasteiger partial charge in [-0.1, -0.05) is 25.4 Å². The second-order valence-corrected chi connectivity index (χ2v) is 7.41. The normalized spacial score (nSPS) is 11.0. The summed E-state index contributed by atoms with van der Waals surface area (Å²) in [6, 6.07) is 5.54. The van der Waals surface area contributed by atoms with Gasteiger partial charge in [-0.05, 0) is 25.2 Å². The van der Waals surface area contributed by atoms with Crippen LogP contribution in [0.1, 0.15) is 13.8 Å². The van der Waals surface area contributed by atoms with E-state index < -0.39 is 0 Å². The molecule has 31 heavy (non-hydrogen) atoms. The van der Waals surface area contributed by atoms with Gasteiger partial charge in [0.05, 0.1) is 30.4 Å². The predicted octanol–water partition coefficient (Wildman–Crippen LogP) is 3.43. The number of nitrogen functional groups attached to an aromatic ring is 1. The molecule has 0 amide bonds. The molecule has 0 aliphatic carbocycles. The second kappa shape index (κ2) is 10.3. The molecule has 0 saturated heterocycles. The van der Waals surface area contributed by atoms with E-state index in [-0.39, 0.29) is 0 Å². The van der Waals surface area contributed by atoms with Crippen LogP contribution in [0.25, 0.3) is 5.82 Å². The molecule has 0 aliphatic heterocycles. The Labute approximate surface area is 187 Å². The molecule has 0 bridgehead atoms. The smallest absolute Gasteiger partial charge is 0.229 e. The van der Waals surface area contributed by atoms with Gasteiger partial charge in [0, 0.05) is 38.6 Å². The minimum Gasteiger partial charge on any atom is -0.494 e. The predicted molar refractivity (Wildman–Crippen MR) is 126 cm³/mol. The van der Waals surface area contributed by atoms with Crippen LogP contribution in [0.15, 0.2) is 36.8 Å². The monoisotopic (exact) mass is 444 g/mol. The van der Waals surface area contributed by atoms with Crippen molar-refractivity contribution < 1.29 is 4.74 Å². The number of benzene rings is 1. The van der Waals surface area contributed by atoms with Gasteiger partial charge in [0.25, 0.3) is 0 Å². The van der Waals surface area contributed by atoms with Gasteiger partial charge in [0.2, 0.25) is 5.95 Å². The van der Waals surface area contributed by atoms with Crippen LogP contribution < -0.4 is 20.7 Å². The van der Waals surface area contributed by atoms with Crippen LogP contribution in [-0.4, -0.2) is 65.0 Å². The van der Waals surface area contributed by atoms with Gasteiger partial charge in [0.1, 0.15) is 10.8 Å². The summed E-state index contributed by atoms with van der Waals surface area (Å²) in [6.45, 7) is 8.19. The van der Waals surface area contributed by atoms with Crippen LogP contribution in [0.3, 0.4) is 0 Å². The van der Waals surface area contributed by atoms with Crippen molar-refractivity contribution in [3.8, 4) is 11.6 Å². The van der Waals surface area contributed by atoms with Gasteiger partial charge in [0.15, 0.2) is 5.82 Å². The lowest BCUT2D eigenvalue weighted by molar-refractivity contribution is 0.311. The summed E-state index contributed by atoms with van der Waals surface area (Å²) in [5, 5.41) is 7.75. The number of anilines is 4. The molecular weight excluding hydrogens is 416 g/mol. The van der Waals surface area contributed by atoms with Crippen LogP contribution in [0, 0.1) is 0 Å². The molecule has 0 radical (unpaired) electrons. The fourth-order valence-electron chi connectivity index (χ4n) is 3.23. The molecule has 2 heterocycles. The maximum absolute atomic E-state index is 6.38. The van der Waals surface area contributed by atoms with Gasteiger partial charge in [-0.25, -0.2) is 9.67 Å². The van der Waals surface area contributed by atoms with Crippen LogP contribution >= 0.6 is 11.6 Å². The first-order chi connectivity index (χ1) is 15.0. The average molecular weight is 445 g/mol. The third-order valence-electron chi connectivity index (χ3n) is 5.10. The molecule has 2 aromatic heterocycles. The third-order valence-corrected chi connectivity index (χ3v) is 5.37. The van der Waals surface area contributed by atoms with Crippen LogP contribution in [0.5, 0.6) is 5.75 Å². The number of rotatable bonds is 10. The minimum atomic E-state index is 0.357. The Hall–Kier alpha value is -3.04. The first-order valence-corrected chi connectivity index (χ1v) is 10.5. The molecular formula is C21H29ClN8O. The van der Waals surface area contributed by atoms with E-state index in [4.69, 9.17) is 22.1 Å². The van der Waals surface area contributed by atoms with Crippen molar-refractivity contribution >= 4 is 34.6 Å². The van der Waals surface area contributed by atoms with E-state index in [2.05, 4.69) is 44.0 Å². The zero-order chi connectivity index (χ0) is 22.4. The molecule has 10 heteroatoms. The Morgan fingerprint density at radius 3 is 2.65 bits per heavy atom. The number of nitrogens with one attached hydrogen (secondary N) is 1. The standard InChI is InChI=1S/C21H29ClN8O/c1-5-29(6-2)11-10-28(3)18-13-19(31-4)17(12-16(18)23)26-21-24-14-15(22)20(27-21)30-9-7-8-25-30/h7-9,12-14H,5-6,10-11,23H2,1-4H3,(H,24,26,27). The van der Waals surface area contributed by atoms with Crippen molar-refractivity contribution in [2.75, 3.05) is 56.3 Å². The number of halogens is 1. The zero-order valence-corrected chi connectivity index (χ0v) is 19.1. The van der Waals surface area contributed by atoms with Crippen LogP contribution in [0.2, 0.25) is 5.02 Å². The maximum atomic E-state index is 6.38. The second-order valence-electron chi connectivity index (χ2n) is 7.00.